The van der Waals surface area contributed by atoms with E-state index in [0.717, 1.165) is 18.2 Å². The highest BCUT2D eigenvalue weighted by Crippen LogP contribution is 2.21. The van der Waals surface area contributed by atoms with Crippen molar-refractivity contribution in [1.82, 2.24) is 5.32 Å². The third-order valence-electron chi connectivity index (χ3n) is 2.44. The first-order valence-electron chi connectivity index (χ1n) is 4.86. The van der Waals surface area contributed by atoms with Gasteiger partial charge in [-0.1, -0.05) is 23.7 Å². The van der Waals surface area contributed by atoms with E-state index in [1.807, 2.05) is 24.3 Å². The summed E-state index contributed by atoms with van der Waals surface area (Å²) < 4.78 is 5.71. The Kier molecular flexibility index (Phi) is 3.06. The highest BCUT2D eigenvalue weighted by atomic mass is 35.5. The van der Waals surface area contributed by atoms with Gasteiger partial charge in [-0.15, -0.1) is 0 Å². The molecule has 2 unspecified atom stereocenters. The molecule has 0 bridgehead atoms. The zero-order valence-electron chi connectivity index (χ0n) is 8.16. The fourth-order valence-electron chi connectivity index (χ4n) is 1.58. The first kappa shape index (κ1) is 9.97. The maximum Gasteiger partial charge on any atom is 0.0950 e. The summed E-state index contributed by atoms with van der Waals surface area (Å²) in [5.41, 5.74) is 1.19. The summed E-state index contributed by atoms with van der Waals surface area (Å²) in [6.45, 7) is 3.77. The largest absolute Gasteiger partial charge is 0.371 e. The normalized spacial score (nSPS) is 27.6. The van der Waals surface area contributed by atoms with Crippen molar-refractivity contribution in [2.24, 2.45) is 0 Å². The molecule has 2 nitrogen and oxygen atoms in total. The van der Waals surface area contributed by atoms with Crippen LogP contribution in [0, 0.1) is 0 Å². The van der Waals surface area contributed by atoms with Gasteiger partial charge in [-0.3, -0.25) is 0 Å². The molecule has 1 fully saturated rings. The lowest BCUT2D eigenvalue weighted by Crippen LogP contribution is -2.40. The Morgan fingerprint density at radius 3 is 2.64 bits per heavy atom. The van der Waals surface area contributed by atoms with Crippen molar-refractivity contribution in [3.8, 4) is 0 Å². The lowest BCUT2D eigenvalue weighted by molar-refractivity contribution is 0.00695. The van der Waals surface area contributed by atoms with Crippen LogP contribution in [-0.4, -0.2) is 19.2 Å². The van der Waals surface area contributed by atoms with Crippen LogP contribution >= 0.6 is 11.6 Å². The standard InChI is InChI=1S/C11H14ClNO/c1-8-7-14-11(6-13-8)9-2-4-10(12)5-3-9/h2-5,8,11,13H,6-7H2,1H3. The molecule has 1 aromatic carbocycles. The molecule has 0 spiro atoms. The van der Waals surface area contributed by atoms with Gasteiger partial charge in [0.2, 0.25) is 0 Å². The summed E-state index contributed by atoms with van der Waals surface area (Å²) in [5, 5.41) is 4.16. The van der Waals surface area contributed by atoms with Gasteiger partial charge in [-0.05, 0) is 24.6 Å². The predicted octanol–water partition coefficient (Wildman–Crippen LogP) is 2.39. The lowest BCUT2D eigenvalue weighted by atomic mass is 10.1. The number of hydrogen-bond acceptors (Lipinski definition) is 2. The summed E-state index contributed by atoms with van der Waals surface area (Å²) in [5.74, 6) is 0. The minimum Gasteiger partial charge on any atom is -0.371 e. The zero-order chi connectivity index (χ0) is 9.97. The molecule has 0 aromatic heterocycles. The van der Waals surface area contributed by atoms with Crippen LogP contribution in [0.25, 0.3) is 0 Å². The molecule has 1 saturated heterocycles. The van der Waals surface area contributed by atoms with Gasteiger partial charge in [0.25, 0.3) is 0 Å². The van der Waals surface area contributed by atoms with Crippen LogP contribution in [-0.2, 0) is 4.74 Å². The molecule has 0 amide bonds. The Bertz CT molecular complexity index is 291. The summed E-state index contributed by atoms with van der Waals surface area (Å²) in [4.78, 5) is 0. The summed E-state index contributed by atoms with van der Waals surface area (Å²) in [7, 11) is 0. The molecule has 1 aliphatic heterocycles. The summed E-state index contributed by atoms with van der Waals surface area (Å²) in [6, 6.07) is 8.30. The Morgan fingerprint density at radius 1 is 1.36 bits per heavy atom. The van der Waals surface area contributed by atoms with Crippen molar-refractivity contribution in [2.75, 3.05) is 13.2 Å². The van der Waals surface area contributed by atoms with Crippen molar-refractivity contribution < 1.29 is 4.74 Å². The second-order valence-corrected chi connectivity index (χ2v) is 4.12. The third-order valence-corrected chi connectivity index (χ3v) is 2.69. The molecule has 0 saturated carbocycles. The van der Waals surface area contributed by atoms with E-state index in [2.05, 4.69) is 12.2 Å². The molecular formula is C11H14ClNO. The molecule has 1 aliphatic rings. The fraction of sp³-hybridized carbons (Fsp3) is 0.455. The van der Waals surface area contributed by atoms with E-state index in [4.69, 9.17) is 16.3 Å². The van der Waals surface area contributed by atoms with Gasteiger partial charge in [0.05, 0.1) is 12.7 Å². The maximum absolute atomic E-state index is 5.82. The number of ether oxygens (including phenoxy) is 1. The van der Waals surface area contributed by atoms with Crippen LogP contribution < -0.4 is 5.32 Å². The number of morpholine rings is 1. The monoisotopic (exact) mass is 211 g/mol. The number of halogens is 1. The molecule has 2 rings (SSSR count). The fourth-order valence-corrected chi connectivity index (χ4v) is 1.70. The van der Waals surface area contributed by atoms with Crippen LogP contribution in [0.3, 0.4) is 0 Å². The topological polar surface area (TPSA) is 21.3 Å². The lowest BCUT2D eigenvalue weighted by Gasteiger charge is -2.28. The highest BCUT2D eigenvalue weighted by molar-refractivity contribution is 6.30. The van der Waals surface area contributed by atoms with Crippen LogP contribution in [0.1, 0.15) is 18.6 Å². The molecule has 2 atom stereocenters. The molecule has 0 radical (unpaired) electrons. The second-order valence-electron chi connectivity index (χ2n) is 3.68. The van der Waals surface area contributed by atoms with Gasteiger partial charge in [0, 0.05) is 17.6 Å². The van der Waals surface area contributed by atoms with Gasteiger partial charge in [-0.2, -0.15) is 0 Å². The van der Waals surface area contributed by atoms with Crippen molar-refractivity contribution in [3.63, 3.8) is 0 Å². The van der Waals surface area contributed by atoms with E-state index in [1.54, 1.807) is 0 Å². The highest BCUT2D eigenvalue weighted by Gasteiger charge is 2.18. The van der Waals surface area contributed by atoms with E-state index in [1.165, 1.54) is 5.56 Å². The number of hydrogen-bond donors (Lipinski definition) is 1. The second kappa shape index (κ2) is 4.30. The Balaban J connectivity index is 2.05. The third kappa shape index (κ3) is 2.27. The van der Waals surface area contributed by atoms with Gasteiger partial charge < -0.3 is 10.1 Å². The van der Waals surface area contributed by atoms with E-state index in [0.29, 0.717) is 6.04 Å². The van der Waals surface area contributed by atoms with E-state index < -0.39 is 0 Å². The van der Waals surface area contributed by atoms with Gasteiger partial charge in [0.1, 0.15) is 0 Å². The smallest absolute Gasteiger partial charge is 0.0950 e. The van der Waals surface area contributed by atoms with Gasteiger partial charge in [-0.25, -0.2) is 0 Å². The van der Waals surface area contributed by atoms with Gasteiger partial charge in [0.15, 0.2) is 0 Å². The quantitative estimate of drug-likeness (QED) is 0.770. The Morgan fingerprint density at radius 2 is 2.07 bits per heavy atom. The van der Waals surface area contributed by atoms with Crippen LogP contribution in [0.4, 0.5) is 0 Å². The Labute approximate surface area is 89.2 Å². The number of rotatable bonds is 1. The molecule has 1 N–H and O–H groups in total. The van der Waals surface area contributed by atoms with Crippen molar-refractivity contribution >= 4 is 11.6 Å². The zero-order valence-corrected chi connectivity index (χ0v) is 8.92. The first-order valence-corrected chi connectivity index (χ1v) is 5.24. The molecule has 1 heterocycles. The minimum atomic E-state index is 0.170. The predicted molar refractivity (Wildman–Crippen MR) is 57.6 cm³/mol. The first-order chi connectivity index (χ1) is 6.75. The molecule has 76 valence electrons. The van der Waals surface area contributed by atoms with E-state index in [-0.39, 0.29) is 6.10 Å². The molecule has 0 aliphatic carbocycles. The van der Waals surface area contributed by atoms with Crippen LogP contribution in [0.15, 0.2) is 24.3 Å². The van der Waals surface area contributed by atoms with E-state index >= 15 is 0 Å². The molecule has 14 heavy (non-hydrogen) atoms. The van der Waals surface area contributed by atoms with E-state index in [9.17, 15) is 0 Å². The SMILES string of the molecule is CC1COC(c2ccc(Cl)cc2)CN1. The van der Waals surface area contributed by atoms with Crippen molar-refractivity contribution in [2.45, 2.75) is 19.1 Å². The van der Waals surface area contributed by atoms with Crippen LogP contribution in [0.5, 0.6) is 0 Å². The molecule has 3 heteroatoms. The average molecular weight is 212 g/mol. The van der Waals surface area contributed by atoms with Crippen molar-refractivity contribution in [3.05, 3.63) is 34.9 Å². The maximum atomic E-state index is 5.82. The van der Waals surface area contributed by atoms with Crippen LogP contribution in [0.2, 0.25) is 5.02 Å². The number of nitrogens with one attached hydrogen (secondary N) is 1. The number of benzene rings is 1. The Hall–Kier alpha value is -0.570. The molecule has 1 aromatic rings. The minimum absolute atomic E-state index is 0.170. The average Bonchev–Trinajstić information content (AvgIpc) is 2.21. The molecular weight excluding hydrogens is 198 g/mol. The summed E-state index contributed by atoms with van der Waals surface area (Å²) >= 11 is 5.82. The van der Waals surface area contributed by atoms with Crippen molar-refractivity contribution in [1.29, 1.82) is 0 Å². The summed E-state index contributed by atoms with van der Waals surface area (Å²) in [6.07, 6.45) is 0.170. The van der Waals surface area contributed by atoms with Gasteiger partial charge >= 0.3 is 0 Å².